The molecule has 2 aliphatic rings. The van der Waals surface area contributed by atoms with Crippen LogP contribution in [0.3, 0.4) is 0 Å². The average molecular weight is 548 g/mol. The van der Waals surface area contributed by atoms with E-state index in [-0.39, 0.29) is 23.3 Å². The number of anilines is 1. The largest absolute Gasteiger partial charge is 0.341 e. The second-order valence-electron chi connectivity index (χ2n) is 11.0. The minimum atomic E-state index is -0.817. The van der Waals surface area contributed by atoms with Crippen molar-refractivity contribution in [3.8, 4) is 11.4 Å². The van der Waals surface area contributed by atoms with E-state index in [1.165, 1.54) is 18.5 Å². The van der Waals surface area contributed by atoms with Crippen LogP contribution in [0.1, 0.15) is 42.6 Å². The number of piperidine rings is 1. The van der Waals surface area contributed by atoms with Gasteiger partial charge in [-0.3, -0.25) is 19.5 Å². The van der Waals surface area contributed by atoms with Gasteiger partial charge in [0.15, 0.2) is 5.82 Å². The van der Waals surface area contributed by atoms with Crippen LogP contribution >= 0.6 is 0 Å². The number of carbonyl (C=O) groups excluding carboxylic acids is 3. The summed E-state index contributed by atoms with van der Waals surface area (Å²) in [6.45, 7) is 6.65. The lowest BCUT2D eigenvalue weighted by Crippen LogP contribution is -2.60. The van der Waals surface area contributed by atoms with Crippen LogP contribution in [0.25, 0.3) is 11.4 Å². The summed E-state index contributed by atoms with van der Waals surface area (Å²) >= 11 is 0. The molecule has 210 valence electrons. The van der Waals surface area contributed by atoms with Crippen molar-refractivity contribution in [2.45, 2.75) is 45.2 Å². The maximum absolute atomic E-state index is 14.3. The number of hydrogen-bond donors (Lipinski definition) is 2. The van der Waals surface area contributed by atoms with E-state index < -0.39 is 23.3 Å². The van der Waals surface area contributed by atoms with E-state index in [9.17, 15) is 18.8 Å². The van der Waals surface area contributed by atoms with Crippen molar-refractivity contribution < 1.29 is 18.8 Å². The molecule has 3 aromatic rings. The van der Waals surface area contributed by atoms with Crippen molar-refractivity contribution >= 4 is 23.4 Å². The fourth-order valence-corrected chi connectivity index (χ4v) is 5.68. The van der Waals surface area contributed by atoms with Gasteiger partial charge in [0, 0.05) is 31.4 Å². The standard InChI is InChI=1S/C29H34FN7O3/c1-18(2)24(33-26(38)22-15-19(3)5-10-23(22)30)27(39)36-13-11-29(12-14-36)28(40)35(4)17-37(29)21-8-6-20(7-9-21)25-31-16-32-34-25/h5-10,15-16,18,24H,11-14,17H2,1-4H3,(H,33,38)(H,31,32,34)/t24-/m1/s1. The maximum atomic E-state index is 14.3. The predicted molar refractivity (Wildman–Crippen MR) is 148 cm³/mol. The van der Waals surface area contributed by atoms with Crippen LogP contribution in [0.5, 0.6) is 0 Å². The summed E-state index contributed by atoms with van der Waals surface area (Å²) < 4.78 is 14.3. The Bertz CT molecular complexity index is 1400. The number of H-pyrrole nitrogens is 1. The van der Waals surface area contributed by atoms with Crippen molar-refractivity contribution in [2.75, 3.05) is 31.7 Å². The molecule has 10 nitrogen and oxygen atoms in total. The number of halogens is 1. The molecule has 5 rings (SSSR count). The van der Waals surface area contributed by atoms with Gasteiger partial charge in [0.25, 0.3) is 5.91 Å². The molecule has 1 atom stereocenters. The molecule has 0 unspecified atom stereocenters. The lowest BCUT2D eigenvalue weighted by Gasteiger charge is -2.44. The average Bonchev–Trinajstić information content (AvgIpc) is 3.57. The van der Waals surface area contributed by atoms with Gasteiger partial charge in [-0.1, -0.05) is 25.5 Å². The molecule has 3 heterocycles. The lowest BCUT2D eigenvalue weighted by atomic mass is 9.85. The minimum absolute atomic E-state index is 0.0301. The molecular formula is C29H34FN7O3. The summed E-state index contributed by atoms with van der Waals surface area (Å²) in [5.74, 6) is -0.987. The summed E-state index contributed by atoms with van der Waals surface area (Å²) in [5.41, 5.74) is 1.71. The van der Waals surface area contributed by atoms with Crippen LogP contribution in [0.15, 0.2) is 48.8 Å². The summed E-state index contributed by atoms with van der Waals surface area (Å²) in [6.07, 6.45) is 2.37. The molecule has 2 N–H and O–H groups in total. The monoisotopic (exact) mass is 547 g/mol. The molecule has 40 heavy (non-hydrogen) atoms. The number of likely N-dealkylation sites (tertiary alicyclic amines) is 1. The van der Waals surface area contributed by atoms with E-state index in [1.807, 2.05) is 38.1 Å². The Morgan fingerprint density at radius 1 is 1.10 bits per heavy atom. The Kier molecular flexibility index (Phi) is 7.31. The van der Waals surface area contributed by atoms with Crippen molar-refractivity contribution in [1.29, 1.82) is 0 Å². The highest BCUT2D eigenvalue weighted by Gasteiger charge is 2.53. The van der Waals surface area contributed by atoms with Gasteiger partial charge < -0.3 is 20.0 Å². The molecule has 0 radical (unpaired) electrons. The number of aryl methyl sites for hydroxylation is 1. The van der Waals surface area contributed by atoms with Crippen LogP contribution in [0.4, 0.5) is 10.1 Å². The molecule has 0 saturated carbocycles. The quantitative estimate of drug-likeness (QED) is 0.491. The van der Waals surface area contributed by atoms with E-state index in [0.29, 0.717) is 38.4 Å². The molecule has 0 bridgehead atoms. The fraction of sp³-hybridized carbons (Fsp3) is 0.414. The van der Waals surface area contributed by atoms with Gasteiger partial charge in [0.1, 0.15) is 23.7 Å². The zero-order valence-electron chi connectivity index (χ0n) is 23.1. The SMILES string of the molecule is Cc1ccc(F)c(C(=O)N[C@@H](C(=O)N2CCC3(CC2)C(=O)N(C)CN3c2ccc(-c3ncn[nH]3)cc2)C(C)C)c1. The number of nitrogens with zero attached hydrogens (tertiary/aromatic N) is 5. The van der Waals surface area contributed by atoms with Crippen LogP contribution in [0, 0.1) is 18.7 Å². The number of likely N-dealkylation sites (N-methyl/N-ethyl adjacent to an activating group) is 1. The van der Waals surface area contributed by atoms with Crippen molar-refractivity contribution in [2.24, 2.45) is 5.92 Å². The summed E-state index contributed by atoms with van der Waals surface area (Å²) in [4.78, 5) is 49.7. The van der Waals surface area contributed by atoms with E-state index in [0.717, 1.165) is 16.8 Å². The summed E-state index contributed by atoms with van der Waals surface area (Å²) in [6, 6.07) is 11.3. The van der Waals surface area contributed by atoms with Gasteiger partial charge in [-0.2, -0.15) is 5.10 Å². The Morgan fingerprint density at radius 3 is 2.42 bits per heavy atom. The van der Waals surface area contributed by atoms with Crippen molar-refractivity contribution in [3.05, 3.63) is 65.7 Å². The third kappa shape index (κ3) is 4.91. The second kappa shape index (κ2) is 10.7. The van der Waals surface area contributed by atoms with Gasteiger partial charge in [0.2, 0.25) is 11.8 Å². The molecular weight excluding hydrogens is 513 g/mol. The molecule has 2 saturated heterocycles. The number of rotatable bonds is 6. The molecule has 0 aliphatic carbocycles. The highest BCUT2D eigenvalue weighted by Crippen LogP contribution is 2.39. The van der Waals surface area contributed by atoms with Crippen molar-refractivity contribution in [1.82, 2.24) is 30.3 Å². The molecule has 2 aliphatic heterocycles. The first-order valence-corrected chi connectivity index (χ1v) is 13.5. The Labute approximate surface area is 232 Å². The van der Waals surface area contributed by atoms with E-state index in [1.54, 1.807) is 29.8 Å². The summed E-state index contributed by atoms with van der Waals surface area (Å²) in [7, 11) is 1.79. The van der Waals surface area contributed by atoms with Gasteiger partial charge in [-0.15, -0.1) is 0 Å². The van der Waals surface area contributed by atoms with E-state index in [4.69, 9.17) is 0 Å². The smallest absolute Gasteiger partial charge is 0.254 e. The molecule has 2 fully saturated rings. The number of aromatic amines is 1. The number of carbonyl (C=O) groups is 3. The number of benzene rings is 2. The Balaban J connectivity index is 1.31. The molecule has 1 aromatic heterocycles. The third-order valence-corrected chi connectivity index (χ3v) is 7.97. The number of aromatic nitrogens is 3. The third-order valence-electron chi connectivity index (χ3n) is 7.97. The zero-order chi connectivity index (χ0) is 28.6. The van der Waals surface area contributed by atoms with Crippen LogP contribution in [-0.4, -0.2) is 81.1 Å². The minimum Gasteiger partial charge on any atom is -0.341 e. The van der Waals surface area contributed by atoms with Crippen LogP contribution in [0.2, 0.25) is 0 Å². The predicted octanol–water partition coefficient (Wildman–Crippen LogP) is 2.97. The Morgan fingerprint density at radius 2 is 1.80 bits per heavy atom. The van der Waals surface area contributed by atoms with Crippen molar-refractivity contribution in [3.63, 3.8) is 0 Å². The maximum Gasteiger partial charge on any atom is 0.254 e. The van der Waals surface area contributed by atoms with E-state index in [2.05, 4.69) is 25.4 Å². The first-order chi connectivity index (χ1) is 19.1. The molecule has 3 amide bonds. The molecule has 2 aromatic carbocycles. The van der Waals surface area contributed by atoms with E-state index >= 15 is 0 Å². The lowest BCUT2D eigenvalue weighted by molar-refractivity contribution is -0.139. The highest BCUT2D eigenvalue weighted by molar-refractivity contribution is 5.98. The van der Waals surface area contributed by atoms with Gasteiger partial charge in [-0.25, -0.2) is 9.37 Å². The highest BCUT2D eigenvalue weighted by atomic mass is 19.1. The first kappa shape index (κ1) is 27.3. The van der Waals surface area contributed by atoms with Crippen LogP contribution in [-0.2, 0) is 9.59 Å². The van der Waals surface area contributed by atoms with Crippen LogP contribution < -0.4 is 10.2 Å². The Hall–Kier alpha value is -4.28. The first-order valence-electron chi connectivity index (χ1n) is 13.5. The zero-order valence-corrected chi connectivity index (χ0v) is 23.1. The molecule has 11 heteroatoms. The normalized spacial score (nSPS) is 17.6. The number of amides is 3. The number of hydrogen-bond acceptors (Lipinski definition) is 6. The second-order valence-corrected chi connectivity index (χ2v) is 11.0. The topological polar surface area (TPSA) is 115 Å². The summed E-state index contributed by atoms with van der Waals surface area (Å²) in [5, 5.41) is 9.51. The number of nitrogens with one attached hydrogen (secondary N) is 2. The van der Waals surface area contributed by atoms with Gasteiger partial charge in [0.05, 0.1) is 12.2 Å². The molecule has 1 spiro atoms. The van der Waals surface area contributed by atoms with Gasteiger partial charge in [-0.05, 0) is 62.1 Å². The van der Waals surface area contributed by atoms with Gasteiger partial charge >= 0.3 is 0 Å². The fourth-order valence-electron chi connectivity index (χ4n) is 5.68.